The molecule has 1 aromatic carbocycles. The summed E-state index contributed by atoms with van der Waals surface area (Å²) in [6.45, 7) is 7.31. The molecule has 0 spiro atoms. The predicted molar refractivity (Wildman–Crippen MR) is 106 cm³/mol. The lowest BCUT2D eigenvalue weighted by Gasteiger charge is -2.34. The first kappa shape index (κ1) is 18.9. The molecule has 0 unspecified atom stereocenters. The van der Waals surface area contributed by atoms with E-state index in [0.717, 1.165) is 49.3 Å². The van der Waals surface area contributed by atoms with Crippen LogP contribution in [-0.2, 0) is 11.2 Å². The molecule has 1 aliphatic heterocycles. The van der Waals surface area contributed by atoms with E-state index < -0.39 is 0 Å². The number of amides is 1. The third kappa shape index (κ3) is 5.09. The number of nitrogens with one attached hydrogen (secondary N) is 1. The van der Waals surface area contributed by atoms with Gasteiger partial charge in [0.05, 0.1) is 7.11 Å². The molecule has 2 heterocycles. The van der Waals surface area contributed by atoms with Crippen molar-refractivity contribution in [3.05, 3.63) is 41.6 Å². The fourth-order valence-electron chi connectivity index (χ4n) is 3.17. The number of ether oxygens (including phenoxy) is 1. The van der Waals surface area contributed by atoms with E-state index in [1.165, 1.54) is 5.56 Å². The fraction of sp³-hybridized carbons (Fsp3) is 0.450. The zero-order valence-electron chi connectivity index (χ0n) is 16.2. The van der Waals surface area contributed by atoms with Crippen LogP contribution in [0.4, 0.5) is 11.8 Å². The Bertz CT molecular complexity index is 788. The van der Waals surface area contributed by atoms with Crippen LogP contribution in [0.3, 0.4) is 0 Å². The number of hydrogen-bond acceptors (Lipinski definition) is 6. The zero-order valence-corrected chi connectivity index (χ0v) is 16.2. The quantitative estimate of drug-likeness (QED) is 0.841. The topological polar surface area (TPSA) is 70.6 Å². The molecule has 1 aliphatic rings. The highest BCUT2D eigenvalue weighted by molar-refractivity contribution is 5.73. The zero-order chi connectivity index (χ0) is 19.2. The molecular weight excluding hydrogens is 342 g/mol. The summed E-state index contributed by atoms with van der Waals surface area (Å²) in [6, 6.07) is 10.0. The summed E-state index contributed by atoms with van der Waals surface area (Å²) in [5, 5.41) is 3.39. The van der Waals surface area contributed by atoms with Crippen LogP contribution in [0.1, 0.15) is 18.2 Å². The number of benzene rings is 1. The minimum Gasteiger partial charge on any atom is -0.497 e. The molecule has 0 radical (unpaired) electrons. The van der Waals surface area contributed by atoms with Crippen LogP contribution >= 0.6 is 0 Å². The number of methoxy groups -OCH3 is 1. The number of aryl methyl sites for hydroxylation is 1. The number of piperazine rings is 1. The Morgan fingerprint density at radius 1 is 1.19 bits per heavy atom. The Balaban J connectivity index is 1.59. The Kier molecular flexibility index (Phi) is 6.11. The highest BCUT2D eigenvalue weighted by Crippen LogP contribution is 2.17. The SMILES string of the molecule is COc1cccc(CCNc2cc(C)nc(N3CCN(C(C)=O)CC3)n2)c1. The van der Waals surface area contributed by atoms with E-state index in [9.17, 15) is 4.79 Å². The Hall–Kier alpha value is -2.83. The van der Waals surface area contributed by atoms with Crippen LogP contribution in [0.5, 0.6) is 5.75 Å². The Morgan fingerprint density at radius 2 is 1.96 bits per heavy atom. The number of carbonyl (C=O) groups excluding carboxylic acids is 1. The second-order valence-corrected chi connectivity index (χ2v) is 6.72. The maximum atomic E-state index is 11.5. The lowest BCUT2D eigenvalue weighted by atomic mass is 10.1. The summed E-state index contributed by atoms with van der Waals surface area (Å²) < 4.78 is 5.27. The monoisotopic (exact) mass is 369 g/mol. The highest BCUT2D eigenvalue weighted by atomic mass is 16.5. The van der Waals surface area contributed by atoms with Crippen molar-refractivity contribution in [3.8, 4) is 5.75 Å². The number of nitrogens with zero attached hydrogens (tertiary/aromatic N) is 4. The van der Waals surface area contributed by atoms with Crippen molar-refractivity contribution in [2.45, 2.75) is 20.3 Å². The second kappa shape index (κ2) is 8.70. The third-order valence-corrected chi connectivity index (χ3v) is 4.70. The highest BCUT2D eigenvalue weighted by Gasteiger charge is 2.20. The van der Waals surface area contributed by atoms with E-state index in [1.54, 1.807) is 14.0 Å². The summed E-state index contributed by atoms with van der Waals surface area (Å²) >= 11 is 0. The van der Waals surface area contributed by atoms with Gasteiger partial charge >= 0.3 is 0 Å². The van der Waals surface area contributed by atoms with Crippen molar-refractivity contribution in [2.24, 2.45) is 0 Å². The number of carbonyl (C=O) groups is 1. The smallest absolute Gasteiger partial charge is 0.227 e. The van der Waals surface area contributed by atoms with E-state index >= 15 is 0 Å². The molecule has 7 nitrogen and oxygen atoms in total. The first-order valence-corrected chi connectivity index (χ1v) is 9.28. The fourth-order valence-corrected chi connectivity index (χ4v) is 3.17. The van der Waals surface area contributed by atoms with Gasteiger partial charge in [0.25, 0.3) is 0 Å². The van der Waals surface area contributed by atoms with Crippen LogP contribution in [-0.4, -0.2) is 60.6 Å². The van der Waals surface area contributed by atoms with Crippen molar-refractivity contribution >= 4 is 17.7 Å². The van der Waals surface area contributed by atoms with Crippen molar-refractivity contribution in [3.63, 3.8) is 0 Å². The van der Waals surface area contributed by atoms with Gasteiger partial charge in [0.15, 0.2) is 0 Å². The molecule has 0 saturated carbocycles. The molecule has 3 rings (SSSR count). The van der Waals surface area contributed by atoms with Crippen LogP contribution in [0.25, 0.3) is 0 Å². The van der Waals surface area contributed by atoms with Gasteiger partial charge in [-0.15, -0.1) is 0 Å². The van der Waals surface area contributed by atoms with E-state index in [2.05, 4.69) is 26.3 Å². The second-order valence-electron chi connectivity index (χ2n) is 6.72. The molecule has 1 saturated heterocycles. The third-order valence-electron chi connectivity index (χ3n) is 4.70. The molecule has 2 aromatic rings. The normalized spacial score (nSPS) is 14.2. The van der Waals surface area contributed by atoms with Crippen LogP contribution in [0, 0.1) is 6.92 Å². The van der Waals surface area contributed by atoms with Crippen molar-refractivity contribution < 1.29 is 9.53 Å². The maximum absolute atomic E-state index is 11.5. The summed E-state index contributed by atoms with van der Waals surface area (Å²) in [4.78, 5) is 24.7. The van der Waals surface area contributed by atoms with Crippen LogP contribution < -0.4 is 15.0 Å². The molecule has 0 bridgehead atoms. The molecule has 0 aliphatic carbocycles. The van der Waals surface area contributed by atoms with Gasteiger partial charge in [-0.05, 0) is 31.0 Å². The molecule has 27 heavy (non-hydrogen) atoms. The molecule has 144 valence electrons. The van der Waals surface area contributed by atoms with E-state index in [4.69, 9.17) is 4.74 Å². The molecule has 0 atom stereocenters. The molecular formula is C20H27N5O2. The van der Waals surface area contributed by atoms with E-state index in [1.807, 2.05) is 36.1 Å². The summed E-state index contributed by atoms with van der Waals surface area (Å²) in [5.41, 5.74) is 2.14. The minimum atomic E-state index is 0.125. The molecule has 1 fully saturated rings. The van der Waals surface area contributed by atoms with Gasteiger partial charge in [-0.25, -0.2) is 4.98 Å². The van der Waals surface area contributed by atoms with Gasteiger partial charge in [-0.3, -0.25) is 4.79 Å². The molecule has 1 amide bonds. The van der Waals surface area contributed by atoms with Crippen molar-refractivity contribution in [1.29, 1.82) is 0 Å². The predicted octanol–water partition coefficient (Wildman–Crippen LogP) is 2.12. The lowest BCUT2D eigenvalue weighted by Crippen LogP contribution is -2.48. The van der Waals surface area contributed by atoms with Crippen LogP contribution in [0.2, 0.25) is 0 Å². The largest absolute Gasteiger partial charge is 0.497 e. The van der Waals surface area contributed by atoms with Crippen molar-refractivity contribution in [2.75, 3.05) is 50.1 Å². The summed E-state index contributed by atoms with van der Waals surface area (Å²) in [6.07, 6.45) is 0.882. The van der Waals surface area contributed by atoms with Crippen molar-refractivity contribution in [1.82, 2.24) is 14.9 Å². The van der Waals surface area contributed by atoms with Gasteiger partial charge in [-0.1, -0.05) is 12.1 Å². The number of aromatic nitrogens is 2. The Labute approximate surface area is 160 Å². The standard InChI is InChI=1S/C20H27N5O2/c1-15-13-19(21-8-7-17-5-4-6-18(14-17)27-3)23-20(22-15)25-11-9-24(10-12-25)16(2)26/h4-6,13-14H,7-12H2,1-3H3,(H,21,22,23). The average molecular weight is 369 g/mol. The van der Waals surface area contributed by atoms with Gasteiger partial charge in [-0.2, -0.15) is 4.98 Å². The van der Waals surface area contributed by atoms with Crippen LogP contribution in [0.15, 0.2) is 30.3 Å². The number of rotatable bonds is 6. The molecule has 1 aromatic heterocycles. The molecule has 7 heteroatoms. The van der Waals surface area contributed by atoms with Gasteiger partial charge < -0.3 is 19.9 Å². The van der Waals surface area contributed by atoms with E-state index in [0.29, 0.717) is 13.1 Å². The number of anilines is 2. The summed E-state index contributed by atoms with van der Waals surface area (Å²) in [5.74, 6) is 2.55. The molecule has 1 N–H and O–H groups in total. The first-order valence-electron chi connectivity index (χ1n) is 9.28. The first-order chi connectivity index (χ1) is 13.0. The van der Waals surface area contributed by atoms with Gasteiger partial charge in [0.2, 0.25) is 11.9 Å². The van der Waals surface area contributed by atoms with Gasteiger partial charge in [0, 0.05) is 51.4 Å². The average Bonchev–Trinajstić information content (AvgIpc) is 2.68. The summed E-state index contributed by atoms with van der Waals surface area (Å²) in [7, 11) is 1.68. The lowest BCUT2D eigenvalue weighted by molar-refractivity contribution is -0.129. The minimum absolute atomic E-state index is 0.125. The maximum Gasteiger partial charge on any atom is 0.227 e. The van der Waals surface area contributed by atoms with E-state index in [-0.39, 0.29) is 5.91 Å². The number of hydrogen-bond donors (Lipinski definition) is 1. The van der Waals surface area contributed by atoms with Gasteiger partial charge in [0.1, 0.15) is 11.6 Å². The Morgan fingerprint density at radius 3 is 2.67 bits per heavy atom.